The van der Waals surface area contributed by atoms with Crippen LogP contribution in [0.2, 0.25) is 0 Å². The topological polar surface area (TPSA) is 97.8 Å². The highest BCUT2D eigenvalue weighted by molar-refractivity contribution is 6.46. The highest BCUT2D eigenvalue weighted by Gasteiger charge is 2.46. The van der Waals surface area contributed by atoms with E-state index in [2.05, 4.69) is 0 Å². The zero-order valence-corrected chi connectivity index (χ0v) is 21.9. The fraction of sp³-hybridized carbons (Fsp3) is 0.407. The summed E-state index contributed by atoms with van der Waals surface area (Å²) < 4.78 is 21.7. The summed E-state index contributed by atoms with van der Waals surface area (Å²) in [5, 5.41) is 11.4. The Hall–Kier alpha value is -3.72. The highest BCUT2D eigenvalue weighted by atomic mass is 16.5. The second-order valence-corrected chi connectivity index (χ2v) is 8.79. The van der Waals surface area contributed by atoms with Gasteiger partial charge in [-0.05, 0) is 75.4 Å². The van der Waals surface area contributed by atoms with Crippen molar-refractivity contribution in [3.05, 3.63) is 52.6 Å². The van der Waals surface area contributed by atoms with Crippen LogP contribution in [0.3, 0.4) is 0 Å². The Balaban J connectivity index is 2.24. The van der Waals surface area contributed by atoms with Gasteiger partial charge in [0.05, 0.1) is 40.1 Å². The predicted octanol–water partition coefficient (Wildman–Crippen LogP) is 3.40. The Kier molecular flexibility index (Phi) is 8.47. The van der Waals surface area contributed by atoms with E-state index in [1.165, 1.54) is 26.2 Å². The smallest absolute Gasteiger partial charge is 0.295 e. The number of likely N-dealkylation sites (tertiary alicyclic amines) is 1. The van der Waals surface area contributed by atoms with Gasteiger partial charge in [0.2, 0.25) is 5.75 Å². The molecule has 1 fully saturated rings. The summed E-state index contributed by atoms with van der Waals surface area (Å²) in [4.78, 5) is 30.1. The number of carbonyl (C=O) groups is 2. The van der Waals surface area contributed by atoms with Gasteiger partial charge in [0.25, 0.3) is 11.7 Å². The normalized spacial score (nSPS) is 17.0. The van der Waals surface area contributed by atoms with E-state index in [4.69, 9.17) is 18.9 Å². The van der Waals surface area contributed by atoms with E-state index in [1.54, 1.807) is 44.4 Å². The van der Waals surface area contributed by atoms with E-state index in [-0.39, 0.29) is 11.3 Å². The van der Waals surface area contributed by atoms with Gasteiger partial charge in [-0.1, -0.05) is 0 Å². The van der Waals surface area contributed by atoms with Crippen molar-refractivity contribution in [1.29, 1.82) is 0 Å². The number of amides is 1. The van der Waals surface area contributed by atoms with Crippen molar-refractivity contribution >= 4 is 17.4 Å². The maximum atomic E-state index is 13.3. The number of hydrogen-bond donors (Lipinski definition) is 1. The molecule has 2 aromatic rings. The van der Waals surface area contributed by atoms with Crippen LogP contribution in [0.4, 0.5) is 0 Å². The first-order valence-corrected chi connectivity index (χ1v) is 11.6. The molecule has 194 valence electrons. The maximum absolute atomic E-state index is 13.3. The van der Waals surface area contributed by atoms with E-state index in [1.807, 2.05) is 19.0 Å². The Morgan fingerprint density at radius 2 is 1.61 bits per heavy atom. The molecule has 2 aromatic carbocycles. The summed E-state index contributed by atoms with van der Waals surface area (Å²) in [6.45, 7) is 2.85. The molecule has 36 heavy (non-hydrogen) atoms. The van der Waals surface area contributed by atoms with Crippen molar-refractivity contribution in [3.8, 4) is 23.0 Å². The second kappa shape index (κ2) is 11.3. The van der Waals surface area contributed by atoms with Crippen molar-refractivity contribution < 1.29 is 33.6 Å². The molecule has 1 atom stereocenters. The number of ether oxygens (including phenoxy) is 4. The van der Waals surface area contributed by atoms with Crippen molar-refractivity contribution in [2.24, 2.45) is 0 Å². The molecule has 0 aromatic heterocycles. The van der Waals surface area contributed by atoms with Gasteiger partial charge in [-0.25, -0.2) is 0 Å². The van der Waals surface area contributed by atoms with E-state index in [0.29, 0.717) is 52.7 Å². The summed E-state index contributed by atoms with van der Waals surface area (Å²) in [5.41, 5.74) is 1.71. The lowest BCUT2D eigenvalue weighted by Crippen LogP contribution is -2.32. The van der Waals surface area contributed by atoms with E-state index < -0.39 is 17.7 Å². The van der Waals surface area contributed by atoms with Crippen LogP contribution < -0.4 is 18.9 Å². The molecule has 9 heteroatoms. The van der Waals surface area contributed by atoms with Crippen LogP contribution in [0.25, 0.3) is 5.76 Å². The molecule has 0 saturated carbocycles. The number of Topliss-reactive ketones (excluding diaryl/α,β-unsaturated/α-hetero) is 1. The predicted molar refractivity (Wildman–Crippen MR) is 136 cm³/mol. The van der Waals surface area contributed by atoms with Crippen LogP contribution in [-0.4, -0.2) is 82.2 Å². The first kappa shape index (κ1) is 26.9. The zero-order chi connectivity index (χ0) is 26.6. The number of aryl methyl sites for hydroxylation is 1. The van der Waals surface area contributed by atoms with Gasteiger partial charge in [0.15, 0.2) is 11.5 Å². The Morgan fingerprint density at radius 1 is 0.972 bits per heavy atom. The average molecular weight is 499 g/mol. The number of ketones is 1. The molecule has 1 aliphatic heterocycles. The second-order valence-electron chi connectivity index (χ2n) is 8.79. The van der Waals surface area contributed by atoms with Gasteiger partial charge in [-0.2, -0.15) is 0 Å². The first-order valence-electron chi connectivity index (χ1n) is 11.6. The third kappa shape index (κ3) is 5.11. The molecule has 0 bridgehead atoms. The molecule has 0 aliphatic carbocycles. The molecule has 1 aliphatic rings. The van der Waals surface area contributed by atoms with Crippen LogP contribution in [0.15, 0.2) is 35.9 Å². The van der Waals surface area contributed by atoms with Gasteiger partial charge < -0.3 is 33.9 Å². The number of methoxy groups -OCH3 is 4. The molecule has 1 saturated heterocycles. The van der Waals surface area contributed by atoms with Crippen LogP contribution in [-0.2, 0) is 9.59 Å². The molecular weight excluding hydrogens is 464 g/mol. The molecule has 0 spiro atoms. The first-order chi connectivity index (χ1) is 17.2. The summed E-state index contributed by atoms with van der Waals surface area (Å²) in [6, 6.07) is 7.69. The molecule has 1 heterocycles. The summed E-state index contributed by atoms with van der Waals surface area (Å²) in [6.07, 6.45) is 0.641. The highest BCUT2D eigenvalue weighted by Crippen LogP contribution is 2.46. The minimum Gasteiger partial charge on any atom is -0.507 e. The lowest BCUT2D eigenvalue weighted by atomic mass is 9.93. The SMILES string of the molecule is COc1ccc(/C(O)=C2\C(=O)C(=O)N(CCCN(C)C)C2c2cc(OC)c(OC)c(OC)c2)c(C)c1. The van der Waals surface area contributed by atoms with Crippen LogP contribution in [0.1, 0.15) is 29.2 Å². The van der Waals surface area contributed by atoms with E-state index >= 15 is 0 Å². The number of nitrogens with zero attached hydrogens (tertiary/aromatic N) is 2. The summed E-state index contributed by atoms with van der Waals surface area (Å²) >= 11 is 0. The molecular formula is C27H34N2O7. The largest absolute Gasteiger partial charge is 0.507 e. The summed E-state index contributed by atoms with van der Waals surface area (Å²) in [5.74, 6) is 0.111. The van der Waals surface area contributed by atoms with Crippen LogP contribution in [0.5, 0.6) is 23.0 Å². The van der Waals surface area contributed by atoms with E-state index in [9.17, 15) is 14.7 Å². The Labute approximate surface area is 211 Å². The van der Waals surface area contributed by atoms with Crippen LogP contribution in [0, 0.1) is 6.92 Å². The summed E-state index contributed by atoms with van der Waals surface area (Å²) in [7, 11) is 9.93. The van der Waals surface area contributed by atoms with Crippen molar-refractivity contribution in [2.45, 2.75) is 19.4 Å². The standard InChI is InChI=1S/C27H34N2O7/c1-16-13-18(33-4)9-10-19(16)24(30)22-23(29(27(32)25(22)31)12-8-11-28(2)3)17-14-20(34-5)26(36-7)21(15-17)35-6/h9-10,13-15,23,30H,8,11-12H2,1-7H3/b24-22+. The lowest BCUT2D eigenvalue weighted by molar-refractivity contribution is -0.139. The molecule has 9 nitrogen and oxygen atoms in total. The quantitative estimate of drug-likeness (QED) is 0.302. The number of aliphatic hydroxyl groups excluding tert-OH is 1. The van der Waals surface area contributed by atoms with Crippen molar-refractivity contribution in [1.82, 2.24) is 9.80 Å². The van der Waals surface area contributed by atoms with Crippen molar-refractivity contribution in [2.75, 3.05) is 55.6 Å². The maximum Gasteiger partial charge on any atom is 0.295 e. The number of aliphatic hydroxyl groups is 1. The number of rotatable bonds is 10. The third-order valence-corrected chi connectivity index (χ3v) is 6.24. The molecule has 0 radical (unpaired) electrons. The van der Waals surface area contributed by atoms with Gasteiger partial charge >= 0.3 is 0 Å². The van der Waals surface area contributed by atoms with Gasteiger partial charge in [-0.15, -0.1) is 0 Å². The van der Waals surface area contributed by atoms with Gasteiger partial charge in [0, 0.05) is 12.1 Å². The molecule has 1 unspecified atom stereocenters. The zero-order valence-electron chi connectivity index (χ0n) is 21.9. The number of hydrogen-bond acceptors (Lipinski definition) is 8. The Morgan fingerprint density at radius 3 is 2.11 bits per heavy atom. The Bertz CT molecular complexity index is 1150. The van der Waals surface area contributed by atoms with Crippen molar-refractivity contribution in [3.63, 3.8) is 0 Å². The third-order valence-electron chi connectivity index (χ3n) is 6.24. The molecule has 1 amide bonds. The van der Waals surface area contributed by atoms with Gasteiger partial charge in [0.1, 0.15) is 11.5 Å². The fourth-order valence-electron chi connectivity index (χ4n) is 4.45. The minimum atomic E-state index is -0.845. The fourth-order valence-corrected chi connectivity index (χ4v) is 4.45. The lowest BCUT2D eigenvalue weighted by Gasteiger charge is -2.27. The monoisotopic (exact) mass is 498 g/mol. The average Bonchev–Trinajstić information content (AvgIpc) is 3.12. The number of benzene rings is 2. The minimum absolute atomic E-state index is 0.00685. The molecule has 3 rings (SSSR count). The van der Waals surface area contributed by atoms with Gasteiger partial charge in [-0.3, -0.25) is 9.59 Å². The van der Waals surface area contributed by atoms with E-state index in [0.717, 1.165) is 6.54 Å². The number of carbonyl (C=O) groups excluding carboxylic acids is 2. The van der Waals surface area contributed by atoms with Crippen LogP contribution >= 0.6 is 0 Å². The molecule has 1 N–H and O–H groups in total.